The maximum absolute atomic E-state index is 6.59. The highest BCUT2D eigenvalue weighted by molar-refractivity contribution is 5.88. The smallest absolute Gasteiger partial charge is 0.0486 e. The van der Waals surface area contributed by atoms with E-state index in [1.54, 1.807) is 5.56 Å². The van der Waals surface area contributed by atoms with E-state index in [9.17, 15) is 0 Å². The van der Waals surface area contributed by atoms with Crippen LogP contribution in [0.1, 0.15) is 75.7 Å². The molecule has 2 bridgehead atoms. The number of nitrogens with two attached hydrogens (primary N) is 2. The van der Waals surface area contributed by atoms with Crippen LogP contribution < -0.4 is 11.5 Å². The van der Waals surface area contributed by atoms with Crippen LogP contribution in [0.5, 0.6) is 0 Å². The Morgan fingerprint density at radius 2 is 1.28 bits per heavy atom. The molecule has 4 N–H and O–H groups in total. The van der Waals surface area contributed by atoms with Gasteiger partial charge in [-0.25, -0.2) is 0 Å². The monoisotopic (exact) mass is 666 g/mol. The molecule has 4 atom stereocenters. The summed E-state index contributed by atoms with van der Waals surface area (Å²) < 4.78 is 4.94. The van der Waals surface area contributed by atoms with Crippen molar-refractivity contribution in [2.45, 2.75) is 83.3 Å². The molecule has 0 saturated carbocycles. The van der Waals surface area contributed by atoms with Gasteiger partial charge in [-0.3, -0.25) is 14.9 Å². The second kappa shape index (κ2) is 13.4. The number of nitrogens with zero attached hydrogens (tertiary/aromatic N) is 6. The first-order valence-corrected chi connectivity index (χ1v) is 18.2. The Morgan fingerprint density at radius 1 is 0.720 bits per heavy atom. The fourth-order valence-corrected chi connectivity index (χ4v) is 8.90. The predicted molar refractivity (Wildman–Crippen MR) is 203 cm³/mol. The van der Waals surface area contributed by atoms with Gasteiger partial charge in [-0.1, -0.05) is 23.3 Å². The summed E-state index contributed by atoms with van der Waals surface area (Å²) in [5.74, 6) is 0. The van der Waals surface area contributed by atoms with E-state index < -0.39 is 0 Å². The molecular weight excluding hydrogens is 617 g/mol. The number of hydrogen-bond donors (Lipinski definition) is 2. The van der Waals surface area contributed by atoms with Crippen LogP contribution in [0.2, 0.25) is 0 Å². The van der Waals surface area contributed by atoms with Crippen LogP contribution in [-0.4, -0.2) is 55.6 Å². The van der Waals surface area contributed by atoms with Crippen molar-refractivity contribution in [3.8, 4) is 0 Å². The normalized spacial score (nSPS) is 20.0. The number of aromatic nitrogens is 4. The first-order valence-electron chi connectivity index (χ1n) is 18.2. The third-order valence-electron chi connectivity index (χ3n) is 11.6. The lowest BCUT2D eigenvalue weighted by Crippen LogP contribution is -2.35. The van der Waals surface area contributed by atoms with Crippen molar-refractivity contribution in [2.75, 3.05) is 20.6 Å². The molecule has 8 nitrogen and oxygen atoms in total. The molecule has 6 aromatic rings. The summed E-state index contributed by atoms with van der Waals surface area (Å²) in [5.41, 5.74) is 26.7. The van der Waals surface area contributed by atoms with E-state index in [-0.39, 0.29) is 12.1 Å². The Hall–Kier alpha value is -4.34. The van der Waals surface area contributed by atoms with Crippen molar-refractivity contribution in [3.63, 3.8) is 0 Å². The topological polar surface area (TPSA) is 94.2 Å². The van der Waals surface area contributed by atoms with Gasteiger partial charge in [-0.2, -0.15) is 0 Å². The molecule has 7 heterocycles. The first kappa shape index (κ1) is 32.8. The third-order valence-corrected chi connectivity index (χ3v) is 11.6. The zero-order valence-corrected chi connectivity index (χ0v) is 29.9. The zero-order valence-electron chi connectivity index (χ0n) is 29.9. The molecule has 1 saturated heterocycles. The summed E-state index contributed by atoms with van der Waals surface area (Å²) in [7, 11) is 4.49. The van der Waals surface area contributed by atoms with Crippen molar-refractivity contribution < 1.29 is 0 Å². The van der Waals surface area contributed by atoms with E-state index in [0.717, 1.165) is 50.1 Å². The lowest BCUT2D eigenvalue weighted by molar-refractivity contribution is 0.221. The fraction of sp³-hybridized carbons (Fsp3) is 0.381. The molecule has 8 heteroatoms. The van der Waals surface area contributed by atoms with Gasteiger partial charge < -0.3 is 25.5 Å². The Balaban J connectivity index is 0.000000145. The molecule has 9 rings (SSSR count). The Labute approximate surface area is 295 Å². The minimum atomic E-state index is -0.0266. The molecule has 258 valence electrons. The average Bonchev–Trinajstić information content (AvgIpc) is 3.67. The van der Waals surface area contributed by atoms with E-state index in [1.807, 2.05) is 49.1 Å². The van der Waals surface area contributed by atoms with Gasteiger partial charge in [0.2, 0.25) is 0 Å². The summed E-state index contributed by atoms with van der Waals surface area (Å²) >= 11 is 0. The van der Waals surface area contributed by atoms with Crippen LogP contribution in [-0.2, 0) is 32.5 Å². The third kappa shape index (κ3) is 5.94. The fourth-order valence-electron chi connectivity index (χ4n) is 8.90. The summed E-state index contributed by atoms with van der Waals surface area (Å²) in [6.45, 7) is 8.09. The van der Waals surface area contributed by atoms with Crippen molar-refractivity contribution in [3.05, 3.63) is 130 Å². The zero-order chi connectivity index (χ0) is 34.5. The van der Waals surface area contributed by atoms with Crippen molar-refractivity contribution >= 4 is 21.8 Å². The summed E-state index contributed by atoms with van der Waals surface area (Å²) in [4.78, 5) is 13.2. The highest BCUT2D eigenvalue weighted by Crippen LogP contribution is 2.47. The van der Waals surface area contributed by atoms with Crippen LogP contribution in [0.4, 0.5) is 0 Å². The molecule has 50 heavy (non-hydrogen) atoms. The van der Waals surface area contributed by atoms with Gasteiger partial charge in [0.1, 0.15) is 0 Å². The van der Waals surface area contributed by atoms with Gasteiger partial charge in [-0.15, -0.1) is 0 Å². The molecule has 0 spiro atoms. The van der Waals surface area contributed by atoms with Crippen LogP contribution in [0.3, 0.4) is 0 Å². The second-order valence-corrected chi connectivity index (χ2v) is 14.9. The lowest BCUT2D eigenvalue weighted by Gasteiger charge is -2.32. The molecule has 3 aliphatic heterocycles. The molecular formula is C42H50N8. The number of likely N-dealkylation sites (N-methyl/N-ethyl adjacent to an activating group) is 2. The summed E-state index contributed by atoms with van der Waals surface area (Å²) in [5, 5.41) is 2.83. The summed E-state index contributed by atoms with van der Waals surface area (Å²) in [6.07, 6.45) is 12.1. The number of benzene rings is 2. The molecule has 3 aliphatic rings. The quantitative estimate of drug-likeness (QED) is 0.204. The number of rotatable bonds is 6. The molecule has 2 aromatic carbocycles. The molecule has 0 aliphatic carbocycles. The summed E-state index contributed by atoms with van der Waals surface area (Å²) in [6, 6.07) is 22.9. The van der Waals surface area contributed by atoms with Gasteiger partial charge in [0.15, 0.2) is 0 Å². The number of pyridine rings is 2. The largest absolute Gasteiger partial charge is 0.342 e. The van der Waals surface area contributed by atoms with E-state index in [4.69, 9.17) is 11.5 Å². The van der Waals surface area contributed by atoms with E-state index in [0.29, 0.717) is 12.1 Å². The van der Waals surface area contributed by atoms with Gasteiger partial charge in [0.05, 0.1) is 0 Å². The molecule has 1 fully saturated rings. The van der Waals surface area contributed by atoms with Crippen molar-refractivity contribution in [1.82, 2.24) is 28.9 Å². The molecule has 0 radical (unpaired) electrons. The molecule has 4 aromatic heterocycles. The minimum absolute atomic E-state index is 0.0173. The molecule has 4 unspecified atom stereocenters. The van der Waals surface area contributed by atoms with E-state index in [1.165, 1.54) is 62.7 Å². The number of aryl methyl sites for hydroxylation is 2. The van der Waals surface area contributed by atoms with E-state index >= 15 is 0 Å². The van der Waals surface area contributed by atoms with E-state index in [2.05, 4.69) is 93.2 Å². The highest BCUT2D eigenvalue weighted by atomic mass is 15.2. The van der Waals surface area contributed by atoms with Gasteiger partial charge >= 0.3 is 0 Å². The minimum Gasteiger partial charge on any atom is -0.342 e. The Morgan fingerprint density at radius 3 is 1.90 bits per heavy atom. The highest BCUT2D eigenvalue weighted by Gasteiger charge is 2.41. The van der Waals surface area contributed by atoms with Gasteiger partial charge in [0, 0.05) is 115 Å². The second-order valence-electron chi connectivity index (χ2n) is 14.9. The van der Waals surface area contributed by atoms with Gasteiger partial charge in [0.25, 0.3) is 0 Å². The van der Waals surface area contributed by atoms with Crippen molar-refractivity contribution in [2.24, 2.45) is 11.5 Å². The predicted octanol–water partition coefficient (Wildman–Crippen LogP) is 6.77. The number of fused-ring (bicyclic) bond motifs is 9. The van der Waals surface area contributed by atoms with Crippen LogP contribution in [0.15, 0.2) is 85.5 Å². The first-order chi connectivity index (χ1) is 24.3. The lowest BCUT2D eigenvalue weighted by atomic mass is 9.97. The molecule has 0 amide bonds. The SMILES string of the molecule is Cc1ccc2c(c1)c1c(n2CC(N)c2ccncc2)CC2CCC1N2C.Cc1ccc2c(c1)c1c(n2CC(N)c2ccncc2)CN(C)CC1. The Bertz CT molecular complexity index is 2130. The van der Waals surface area contributed by atoms with Crippen LogP contribution >= 0.6 is 0 Å². The van der Waals surface area contributed by atoms with Crippen molar-refractivity contribution in [1.29, 1.82) is 0 Å². The maximum atomic E-state index is 6.59. The average molecular weight is 667 g/mol. The maximum Gasteiger partial charge on any atom is 0.0486 e. The van der Waals surface area contributed by atoms with Crippen LogP contribution in [0, 0.1) is 13.8 Å². The number of hydrogen-bond acceptors (Lipinski definition) is 6. The standard InChI is InChI=1S/C22H26N4.C20H24N4/c1-14-3-5-19-17(11-14)22-20-6-4-16(25(20)2)12-21(22)26(19)13-18(23)15-7-9-24-10-8-15;1-14-3-4-19-17(11-14)16-7-10-23(2)13-20(16)24(19)12-18(21)15-5-8-22-9-6-15/h3,5,7-11,16,18,20H,4,6,12-13,23H2,1-2H3;3-6,8-9,11,18H,7,10,12-13,21H2,1-2H3. The van der Waals surface area contributed by atoms with Crippen LogP contribution in [0.25, 0.3) is 21.8 Å². The van der Waals surface area contributed by atoms with Gasteiger partial charge in [-0.05, 0) is 118 Å². The Kier molecular flexibility index (Phi) is 8.81.